The lowest BCUT2D eigenvalue weighted by Crippen LogP contribution is -2.10. The zero-order chi connectivity index (χ0) is 20.0. The van der Waals surface area contributed by atoms with E-state index >= 15 is 0 Å². The first-order chi connectivity index (χ1) is 13.3. The summed E-state index contributed by atoms with van der Waals surface area (Å²) in [6, 6.07) is 10.4. The number of fused-ring (bicyclic) bond motifs is 1. The molecule has 0 aliphatic rings. The number of nitrogens with zero attached hydrogens (tertiary/aromatic N) is 3. The lowest BCUT2D eigenvalue weighted by Gasteiger charge is -2.14. The smallest absolute Gasteiger partial charge is 0.268 e. The standard InChI is InChI=1S/C19H13ClFN5O2/c20-12-7-10(4-5-14(12)27)16-15(9-2-1-3-11(21)6-9)25-17(22)19-24-13(18(23)28)8-26(16)19/h1-8,27H,(H2,22,25)(H2,23,28). The second kappa shape index (κ2) is 6.50. The Kier molecular flexibility index (Phi) is 4.12. The third kappa shape index (κ3) is 2.89. The third-order valence-corrected chi connectivity index (χ3v) is 4.51. The van der Waals surface area contributed by atoms with E-state index in [0.29, 0.717) is 22.5 Å². The van der Waals surface area contributed by atoms with Gasteiger partial charge in [0.05, 0.1) is 16.4 Å². The Bertz CT molecular complexity index is 1250. The Morgan fingerprint density at radius 1 is 1.14 bits per heavy atom. The van der Waals surface area contributed by atoms with Crippen molar-refractivity contribution < 1.29 is 14.3 Å². The van der Waals surface area contributed by atoms with Crippen molar-refractivity contribution in [2.75, 3.05) is 5.73 Å². The quantitative estimate of drug-likeness (QED) is 0.490. The summed E-state index contributed by atoms with van der Waals surface area (Å²) in [6.45, 7) is 0. The molecule has 2 aromatic heterocycles. The van der Waals surface area contributed by atoms with Gasteiger partial charge in [-0.25, -0.2) is 14.4 Å². The number of nitrogens with two attached hydrogens (primary N) is 2. The van der Waals surface area contributed by atoms with Crippen molar-refractivity contribution in [3.05, 3.63) is 65.2 Å². The number of carbonyl (C=O) groups excluding carboxylic acids is 1. The molecule has 0 saturated heterocycles. The molecule has 0 unspecified atom stereocenters. The number of halogens is 2. The highest BCUT2D eigenvalue weighted by atomic mass is 35.5. The molecule has 0 spiro atoms. The van der Waals surface area contributed by atoms with Gasteiger partial charge in [-0.2, -0.15) is 0 Å². The molecule has 9 heteroatoms. The van der Waals surface area contributed by atoms with Gasteiger partial charge >= 0.3 is 0 Å². The fourth-order valence-corrected chi connectivity index (χ4v) is 3.14. The average Bonchev–Trinajstić information content (AvgIpc) is 3.10. The van der Waals surface area contributed by atoms with Crippen molar-refractivity contribution in [2.24, 2.45) is 5.73 Å². The number of phenolic OH excluding ortho intramolecular Hbond substituents is 1. The number of carbonyl (C=O) groups is 1. The summed E-state index contributed by atoms with van der Waals surface area (Å²) in [4.78, 5) is 20.1. The first-order valence-electron chi connectivity index (χ1n) is 8.08. The van der Waals surface area contributed by atoms with Crippen molar-refractivity contribution in [3.8, 4) is 28.3 Å². The van der Waals surface area contributed by atoms with Crippen LogP contribution in [-0.4, -0.2) is 25.4 Å². The van der Waals surface area contributed by atoms with E-state index in [9.17, 15) is 14.3 Å². The van der Waals surface area contributed by atoms with Gasteiger partial charge in [0.2, 0.25) is 0 Å². The maximum absolute atomic E-state index is 13.8. The van der Waals surface area contributed by atoms with Gasteiger partial charge in [-0.1, -0.05) is 23.7 Å². The molecule has 0 atom stereocenters. The van der Waals surface area contributed by atoms with E-state index in [1.54, 1.807) is 22.6 Å². The molecule has 0 radical (unpaired) electrons. The van der Waals surface area contributed by atoms with Gasteiger partial charge in [0, 0.05) is 17.3 Å². The first kappa shape index (κ1) is 17.7. The minimum atomic E-state index is -0.731. The average molecular weight is 398 g/mol. The highest BCUT2D eigenvalue weighted by Gasteiger charge is 2.20. The summed E-state index contributed by atoms with van der Waals surface area (Å²) in [5.41, 5.74) is 13.4. The van der Waals surface area contributed by atoms with E-state index in [1.165, 1.54) is 30.5 Å². The molecule has 28 heavy (non-hydrogen) atoms. The van der Waals surface area contributed by atoms with Crippen LogP contribution >= 0.6 is 11.6 Å². The van der Waals surface area contributed by atoms with Crippen LogP contribution in [0.15, 0.2) is 48.7 Å². The Labute approximate surface area is 163 Å². The Balaban J connectivity index is 2.13. The number of aromatic hydroxyl groups is 1. The molecule has 0 aliphatic carbocycles. The SMILES string of the molecule is NC(=O)c1cn2c(-c3ccc(O)c(Cl)c3)c(-c3cccc(F)c3)nc(N)c2n1. The van der Waals surface area contributed by atoms with Crippen LogP contribution in [0.4, 0.5) is 10.2 Å². The molecule has 4 rings (SSSR count). The van der Waals surface area contributed by atoms with Gasteiger partial charge in [0.1, 0.15) is 17.3 Å². The number of aromatic nitrogens is 3. The van der Waals surface area contributed by atoms with Gasteiger partial charge in [0.25, 0.3) is 5.91 Å². The third-order valence-electron chi connectivity index (χ3n) is 4.20. The fraction of sp³-hybridized carbons (Fsp3) is 0. The van der Waals surface area contributed by atoms with E-state index in [4.69, 9.17) is 23.1 Å². The van der Waals surface area contributed by atoms with E-state index < -0.39 is 11.7 Å². The number of rotatable bonds is 3. The normalized spacial score (nSPS) is 11.1. The molecular weight excluding hydrogens is 385 g/mol. The molecular formula is C19H13ClFN5O2. The highest BCUT2D eigenvalue weighted by molar-refractivity contribution is 6.32. The molecule has 1 amide bonds. The summed E-state index contributed by atoms with van der Waals surface area (Å²) in [7, 11) is 0. The van der Waals surface area contributed by atoms with Crippen molar-refractivity contribution in [2.45, 2.75) is 0 Å². The zero-order valence-corrected chi connectivity index (χ0v) is 15.0. The molecule has 0 aliphatic heterocycles. The lowest BCUT2D eigenvalue weighted by atomic mass is 10.0. The fourth-order valence-electron chi connectivity index (χ4n) is 2.95. The van der Waals surface area contributed by atoms with Crippen molar-refractivity contribution in [1.29, 1.82) is 0 Å². The molecule has 2 aromatic carbocycles. The molecule has 2 heterocycles. The Morgan fingerprint density at radius 3 is 2.61 bits per heavy atom. The number of amides is 1. The maximum atomic E-state index is 13.8. The number of imidazole rings is 1. The molecule has 7 nitrogen and oxygen atoms in total. The lowest BCUT2D eigenvalue weighted by molar-refractivity contribution is 0.0996. The topological polar surface area (TPSA) is 120 Å². The van der Waals surface area contributed by atoms with Crippen LogP contribution in [0.25, 0.3) is 28.2 Å². The van der Waals surface area contributed by atoms with E-state index in [1.807, 2.05) is 0 Å². The number of phenols is 1. The van der Waals surface area contributed by atoms with Crippen LogP contribution in [0.3, 0.4) is 0 Å². The predicted molar refractivity (Wildman–Crippen MR) is 103 cm³/mol. The van der Waals surface area contributed by atoms with Crippen LogP contribution in [-0.2, 0) is 0 Å². The Morgan fingerprint density at radius 2 is 1.93 bits per heavy atom. The number of hydrogen-bond donors (Lipinski definition) is 3. The minimum absolute atomic E-state index is 0.00369. The van der Waals surface area contributed by atoms with Gasteiger partial charge in [-0.05, 0) is 30.3 Å². The van der Waals surface area contributed by atoms with Gasteiger partial charge < -0.3 is 16.6 Å². The number of anilines is 1. The second-order valence-corrected chi connectivity index (χ2v) is 6.46. The zero-order valence-electron chi connectivity index (χ0n) is 14.2. The molecule has 0 fully saturated rings. The number of hydrogen-bond acceptors (Lipinski definition) is 5. The summed E-state index contributed by atoms with van der Waals surface area (Å²) in [5.74, 6) is -1.23. The second-order valence-electron chi connectivity index (χ2n) is 6.05. The van der Waals surface area contributed by atoms with Crippen LogP contribution < -0.4 is 11.5 Å². The Hall–Kier alpha value is -3.65. The largest absolute Gasteiger partial charge is 0.506 e. The van der Waals surface area contributed by atoms with Gasteiger partial charge in [-0.3, -0.25) is 9.20 Å². The predicted octanol–water partition coefficient (Wildman–Crippen LogP) is 3.24. The monoisotopic (exact) mass is 397 g/mol. The van der Waals surface area contributed by atoms with Crippen LogP contribution in [0.5, 0.6) is 5.75 Å². The molecule has 0 bridgehead atoms. The van der Waals surface area contributed by atoms with E-state index in [2.05, 4.69) is 9.97 Å². The summed E-state index contributed by atoms with van der Waals surface area (Å²) >= 11 is 6.07. The summed E-state index contributed by atoms with van der Waals surface area (Å²) in [5, 5.41) is 9.86. The molecule has 5 N–H and O–H groups in total. The van der Waals surface area contributed by atoms with Crippen LogP contribution in [0, 0.1) is 5.82 Å². The molecule has 4 aromatic rings. The first-order valence-corrected chi connectivity index (χ1v) is 8.46. The van der Waals surface area contributed by atoms with Crippen LogP contribution in [0.1, 0.15) is 10.5 Å². The number of primary amides is 1. The molecule has 140 valence electrons. The highest BCUT2D eigenvalue weighted by Crippen LogP contribution is 2.36. The molecule has 0 saturated carbocycles. The van der Waals surface area contributed by atoms with Crippen LogP contribution in [0.2, 0.25) is 5.02 Å². The van der Waals surface area contributed by atoms with Crippen molar-refractivity contribution >= 4 is 29.0 Å². The number of benzene rings is 2. The summed E-state index contributed by atoms with van der Waals surface area (Å²) < 4.78 is 15.4. The van der Waals surface area contributed by atoms with Crippen molar-refractivity contribution in [1.82, 2.24) is 14.4 Å². The maximum Gasteiger partial charge on any atom is 0.268 e. The van der Waals surface area contributed by atoms with E-state index in [0.717, 1.165) is 0 Å². The minimum Gasteiger partial charge on any atom is -0.506 e. The van der Waals surface area contributed by atoms with Gasteiger partial charge in [-0.15, -0.1) is 0 Å². The summed E-state index contributed by atoms with van der Waals surface area (Å²) in [6.07, 6.45) is 1.43. The van der Waals surface area contributed by atoms with E-state index in [-0.39, 0.29) is 27.9 Å². The van der Waals surface area contributed by atoms with Gasteiger partial charge in [0.15, 0.2) is 11.5 Å². The number of nitrogen functional groups attached to an aromatic ring is 1. The van der Waals surface area contributed by atoms with Crippen molar-refractivity contribution in [3.63, 3.8) is 0 Å².